The van der Waals surface area contributed by atoms with Gasteiger partial charge in [-0.3, -0.25) is 14.2 Å². The van der Waals surface area contributed by atoms with Crippen molar-refractivity contribution in [1.29, 1.82) is 0 Å². The molecule has 3 aromatic rings. The quantitative estimate of drug-likeness (QED) is 0.573. The second-order valence-corrected chi connectivity index (χ2v) is 7.53. The van der Waals surface area contributed by atoms with Crippen LogP contribution in [0.1, 0.15) is 41.9 Å². The van der Waals surface area contributed by atoms with E-state index in [1.54, 1.807) is 13.0 Å². The molecule has 0 bridgehead atoms. The lowest BCUT2D eigenvalue weighted by Gasteiger charge is -2.12. The molecule has 0 radical (unpaired) electrons. The number of fused-ring (bicyclic) bond motifs is 1. The molecule has 1 atom stereocenters. The molecule has 1 unspecified atom stereocenters. The molecular formula is C23H23F3N2O4. The van der Waals surface area contributed by atoms with Crippen LogP contribution in [-0.4, -0.2) is 33.9 Å². The van der Waals surface area contributed by atoms with Gasteiger partial charge in [0.25, 0.3) is 5.91 Å². The van der Waals surface area contributed by atoms with Crippen molar-refractivity contribution in [1.82, 2.24) is 9.88 Å². The lowest BCUT2D eigenvalue weighted by molar-refractivity contribution is -0.274. The lowest BCUT2D eigenvalue weighted by Crippen LogP contribution is -2.33. The van der Waals surface area contributed by atoms with Gasteiger partial charge in [0.05, 0.1) is 11.9 Å². The Hall–Kier alpha value is -3.49. The van der Waals surface area contributed by atoms with Crippen molar-refractivity contribution in [3.63, 3.8) is 0 Å². The van der Waals surface area contributed by atoms with Crippen LogP contribution in [0.25, 0.3) is 10.9 Å². The van der Waals surface area contributed by atoms with Crippen LogP contribution in [0.2, 0.25) is 0 Å². The molecule has 1 amide bonds. The summed E-state index contributed by atoms with van der Waals surface area (Å²) in [5.74, 6) is -1.15. The highest BCUT2D eigenvalue weighted by molar-refractivity contribution is 6.05. The van der Waals surface area contributed by atoms with Crippen molar-refractivity contribution in [2.24, 2.45) is 0 Å². The standard InChI is InChI=1S/C23H23F3N2O4/c1-4-13(2)27-21(30)12-18-14(3)28(20-10-7-16(29)11-19(18)20)22(31)15-5-8-17(9-6-15)32-23(24,25)26/h5-11,13,29H,4,12H2,1-3H3,(H,27,30). The number of ether oxygens (including phenoxy) is 1. The summed E-state index contributed by atoms with van der Waals surface area (Å²) in [6.45, 7) is 5.52. The number of amides is 1. The van der Waals surface area contributed by atoms with Crippen LogP contribution in [0.4, 0.5) is 13.2 Å². The number of aromatic hydroxyl groups is 1. The van der Waals surface area contributed by atoms with E-state index in [1.807, 2.05) is 13.8 Å². The van der Waals surface area contributed by atoms with Gasteiger partial charge in [-0.2, -0.15) is 0 Å². The Morgan fingerprint density at radius 2 is 1.81 bits per heavy atom. The third-order valence-corrected chi connectivity index (χ3v) is 5.21. The van der Waals surface area contributed by atoms with E-state index in [0.29, 0.717) is 22.2 Å². The van der Waals surface area contributed by atoms with Gasteiger partial charge in [0.2, 0.25) is 5.91 Å². The fraction of sp³-hybridized carbons (Fsp3) is 0.304. The van der Waals surface area contributed by atoms with Gasteiger partial charge in [-0.25, -0.2) is 0 Å². The van der Waals surface area contributed by atoms with Crippen LogP contribution < -0.4 is 10.1 Å². The summed E-state index contributed by atoms with van der Waals surface area (Å²) < 4.78 is 42.4. The van der Waals surface area contributed by atoms with Gasteiger partial charge in [0.1, 0.15) is 11.5 Å². The Morgan fingerprint density at radius 1 is 1.16 bits per heavy atom. The summed E-state index contributed by atoms with van der Waals surface area (Å²) in [6.07, 6.45) is -4.06. The zero-order valence-corrected chi connectivity index (χ0v) is 17.8. The monoisotopic (exact) mass is 448 g/mol. The summed E-state index contributed by atoms with van der Waals surface area (Å²) in [7, 11) is 0. The number of aromatic nitrogens is 1. The van der Waals surface area contributed by atoms with Gasteiger partial charge in [-0.1, -0.05) is 6.92 Å². The number of nitrogens with one attached hydrogen (secondary N) is 1. The molecule has 9 heteroatoms. The molecule has 32 heavy (non-hydrogen) atoms. The van der Waals surface area contributed by atoms with Crippen molar-refractivity contribution in [3.05, 3.63) is 59.3 Å². The Bertz CT molecular complexity index is 1150. The van der Waals surface area contributed by atoms with Crippen molar-refractivity contribution in [3.8, 4) is 11.5 Å². The van der Waals surface area contributed by atoms with Crippen LogP contribution in [0, 0.1) is 6.92 Å². The number of alkyl halides is 3. The Balaban J connectivity index is 2.00. The normalized spacial score (nSPS) is 12.6. The van der Waals surface area contributed by atoms with E-state index in [1.165, 1.54) is 28.8 Å². The average Bonchev–Trinajstić information content (AvgIpc) is 2.97. The summed E-state index contributed by atoms with van der Waals surface area (Å²) in [5, 5.41) is 13.4. The predicted molar refractivity (Wildman–Crippen MR) is 113 cm³/mol. The topological polar surface area (TPSA) is 80.6 Å². The molecule has 0 saturated heterocycles. The molecule has 6 nitrogen and oxygen atoms in total. The van der Waals surface area contributed by atoms with Crippen LogP contribution in [0.5, 0.6) is 11.5 Å². The molecular weight excluding hydrogens is 425 g/mol. The average molecular weight is 448 g/mol. The maximum atomic E-state index is 13.2. The first-order valence-corrected chi connectivity index (χ1v) is 10.0. The van der Waals surface area contributed by atoms with E-state index in [0.717, 1.165) is 18.6 Å². The first-order chi connectivity index (χ1) is 15.0. The summed E-state index contributed by atoms with van der Waals surface area (Å²) in [5.41, 5.74) is 1.71. The number of carbonyl (C=O) groups excluding carboxylic acids is 2. The lowest BCUT2D eigenvalue weighted by atomic mass is 10.1. The first-order valence-electron chi connectivity index (χ1n) is 10.0. The van der Waals surface area contributed by atoms with Crippen molar-refractivity contribution < 1.29 is 32.6 Å². The van der Waals surface area contributed by atoms with Crippen LogP contribution in [0.3, 0.4) is 0 Å². The number of hydrogen-bond acceptors (Lipinski definition) is 4. The number of benzene rings is 2. The largest absolute Gasteiger partial charge is 0.573 e. The molecule has 0 spiro atoms. The third kappa shape index (κ3) is 5.04. The molecule has 3 rings (SSSR count). The maximum absolute atomic E-state index is 13.2. The molecule has 0 fully saturated rings. The number of hydrogen-bond donors (Lipinski definition) is 2. The van der Waals surface area contributed by atoms with E-state index >= 15 is 0 Å². The highest BCUT2D eigenvalue weighted by Gasteiger charge is 2.31. The van der Waals surface area contributed by atoms with Gasteiger partial charge in [0.15, 0.2) is 0 Å². The summed E-state index contributed by atoms with van der Waals surface area (Å²) in [6, 6.07) is 9.07. The fourth-order valence-corrected chi connectivity index (χ4v) is 3.47. The van der Waals surface area contributed by atoms with E-state index in [2.05, 4.69) is 10.1 Å². The van der Waals surface area contributed by atoms with Crippen LogP contribution in [-0.2, 0) is 11.2 Å². The van der Waals surface area contributed by atoms with Crippen LogP contribution >= 0.6 is 0 Å². The molecule has 1 aromatic heterocycles. The fourth-order valence-electron chi connectivity index (χ4n) is 3.47. The van der Waals surface area contributed by atoms with Crippen molar-refractivity contribution >= 4 is 22.7 Å². The van der Waals surface area contributed by atoms with Gasteiger partial charge in [0, 0.05) is 22.7 Å². The number of phenolic OH excluding ortho intramolecular Hbond substituents is 1. The molecule has 0 saturated carbocycles. The summed E-state index contributed by atoms with van der Waals surface area (Å²) >= 11 is 0. The molecule has 1 heterocycles. The second kappa shape index (κ2) is 8.94. The third-order valence-electron chi connectivity index (χ3n) is 5.21. The maximum Gasteiger partial charge on any atom is 0.573 e. The number of halogens is 3. The smallest absolute Gasteiger partial charge is 0.508 e. The van der Waals surface area contributed by atoms with Gasteiger partial charge < -0.3 is 15.2 Å². The molecule has 0 aliphatic carbocycles. The van der Waals surface area contributed by atoms with Crippen molar-refractivity contribution in [2.45, 2.75) is 46.0 Å². The van der Waals surface area contributed by atoms with Gasteiger partial charge >= 0.3 is 6.36 Å². The minimum atomic E-state index is -4.83. The van der Waals surface area contributed by atoms with E-state index in [-0.39, 0.29) is 29.7 Å². The highest BCUT2D eigenvalue weighted by Crippen LogP contribution is 2.31. The van der Waals surface area contributed by atoms with E-state index < -0.39 is 18.0 Å². The SMILES string of the molecule is CCC(C)NC(=O)Cc1c(C)n(C(=O)c2ccc(OC(F)(F)F)cc2)c2ccc(O)cc12. The number of nitrogens with zero attached hydrogens (tertiary/aromatic N) is 1. The minimum Gasteiger partial charge on any atom is -0.508 e. The molecule has 0 aliphatic rings. The minimum absolute atomic E-state index is 0.00870. The zero-order chi connectivity index (χ0) is 23.6. The van der Waals surface area contributed by atoms with Gasteiger partial charge in [-0.15, -0.1) is 13.2 Å². The van der Waals surface area contributed by atoms with Crippen LogP contribution in [0.15, 0.2) is 42.5 Å². The molecule has 0 aliphatic heterocycles. The predicted octanol–water partition coefficient (Wildman–Crippen LogP) is 4.70. The molecule has 170 valence electrons. The Labute approximate surface area is 182 Å². The number of phenols is 1. The second-order valence-electron chi connectivity index (χ2n) is 7.53. The van der Waals surface area contributed by atoms with Crippen molar-refractivity contribution in [2.75, 3.05) is 0 Å². The van der Waals surface area contributed by atoms with E-state index in [9.17, 15) is 27.9 Å². The summed E-state index contributed by atoms with van der Waals surface area (Å²) in [4.78, 5) is 25.7. The highest BCUT2D eigenvalue weighted by atomic mass is 19.4. The zero-order valence-electron chi connectivity index (χ0n) is 17.8. The number of carbonyl (C=O) groups is 2. The first kappa shape index (κ1) is 23.2. The Kier molecular flexibility index (Phi) is 6.47. The molecule has 2 aromatic carbocycles. The van der Waals surface area contributed by atoms with E-state index in [4.69, 9.17) is 0 Å². The Morgan fingerprint density at radius 3 is 2.41 bits per heavy atom. The van der Waals surface area contributed by atoms with Gasteiger partial charge in [-0.05, 0) is 68.3 Å². The number of rotatable bonds is 6. The molecule has 2 N–H and O–H groups in total.